The summed E-state index contributed by atoms with van der Waals surface area (Å²) in [5, 5.41) is 4.21. The van der Waals surface area contributed by atoms with Gasteiger partial charge in [0.05, 0.1) is 12.2 Å². The molecule has 0 saturated carbocycles. The first-order chi connectivity index (χ1) is 8.61. The third kappa shape index (κ3) is 2.59. The van der Waals surface area contributed by atoms with Crippen LogP contribution in [0, 0.1) is 12.7 Å². The molecule has 0 aliphatic rings. The Morgan fingerprint density at radius 2 is 2.22 bits per heavy atom. The van der Waals surface area contributed by atoms with E-state index in [1.54, 1.807) is 12.3 Å². The molecule has 2 N–H and O–H groups in total. The minimum Gasteiger partial charge on any atom is -0.320 e. The molecule has 0 aliphatic carbocycles. The van der Waals surface area contributed by atoms with Gasteiger partial charge in [-0.1, -0.05) is 19.1 Å². The first kappa shape index (κ1) is 12.8. The second-order valence-electron chi connectivity index (χ2n) is 4.54. The van der Waals surface area contributed by atoms with Crippen molar-refractivity contribution in [3.63, 3.8) is 0 Å². The van der Waals surface area contributed by atoms with Gasteiger partial charge in [-0.05, 0) is 25.0 Å². The van der Waals surface area contributed by atoms with E-state index in [2.05, 4.69) is 12.0 Å². The molecule has 0 aliphatic heterocycles. The van der Waals surface area contributed by atoms with Crippen molar-refractivity contribution < 1.29 is 4.39 Å². The highest BCUT2D eigenvalue weighted by molar-refractivity contribution is 5.32. The number of hydrogen-bond donors (Lipinski definition) is 1. The van der Waals surface area contributed by atoms with Gasteiger partial charge in [0, 0.05) is 23.9 Å². The molecular formula is C14H18FN3. The van der Waals surface area contributed by atoms with Crippen LogP contribution in [0.4, 0.5) is 4.39 Å². The highest BCUT2D eigenvalue weighted by atomic mass is 19.1. The standard InChI is InChI=1S/C14H18FN3/c1-3-6-18-9-11(8-17-18)14(16)12-5-4-10(2)7-13(12)15/h4-5,7-9,14H,3,6,16H2,1-2H3. The van der Waals surface area contributed by atoms with E-state index in [0.29, 0.717) is 5.56 Å². The third-order valence-electron chi connectivity index (χ3n) is 2.96. The number of hydrogen-bond acceptors (Lipinski definition) is 2. The van der Waals surface area contributed by atoms with Gasteiger partial charge in [-0.15, -0.1) is 0 Å². The van der Waals surface area contributed by atoms with Gasteiger partial charge in [-0.3, -0.25) is 4.68 Å². The summed E-state index contributed by atoms with van der Waals surface area (Å²) in [6.07, 6.45) is 4.60. The van der Waals surface area contributed by atoms with Gasteiger partial charge < -0.3 is 5.73 Å². The van der Waals surface area contributed by atoms with E-state index in [-0.39, 0.29) is 5.82 Å². The Kier molecular flexibility index (Phi) is 3.77. The number of aromatic nitrogens is 2. The fourth-order valence-corrected chi connectivity index (χ4v) is 1.96. The first-order valence-corrected chi connectivity index (χ1v) is 6.15. The predicted octanol–water partition coefficient (Wildman–Crippen LogP) is 2.79. The summed E-state index contributed by atoms with van der Waals surface area (Å²) < 4.78 is 15.7. The number of nitrogens with two attached hydrogens (primary N) is 1. The first-order valence-electron chi connectivity index (χ1n) is 6.15. The molecule has 1 atom stereocenters. The molecule has 0 radical (unpaired) electrons. The summed E-state index contributed by atoms with van der Waals surface area (Å²) in [7, 11) is 0. The van der Waals surface area contributed by atoms with Crippen molar-refractivity contribution in [1.82, 2.24) is 9.78 Å². The Balaban J connectivity index is 2.26. The lowest BCUT2D eigenvalue weighted by molar-refractivity contribution is 0.594. The molecule has 2 rings (SSSR count). The van der Waals surface area contributed by atoms with Crippen LogP contribution in [0.1, 0.15) is 36.1 Å². The fraction of sp³-hybridized carbons (Fsp3) is 0.357. The van der Waals surface area contributed by atoms with E-state index in [1.165, 1.54) is 6.07 Å². The zero-order valence-electron chi connectivity index (χ0n) is 10.7. The van der Waals surface area contributed by atoms with Crippen LogP contribution in [0.3, 0.4) is 0 Å². The van der Waals surface area contributed by atoms with Crippen LogP contribution >= 0.6 is 0 Å². The van der Waals surface area contributed by atoms with Gasteiger partial charge in [0.2, 0.25) is 0 Å². The van der Waals surface area contributed by atoms with Gasteiger partial charge in [-0.25, -0.2) is 4.39 Å². The van der Waals surface area contributed by atoms with Crippen LogP contribution in [0.15, 0.2) is 30.6 Å². The fourth-order valence-electron chi connectivity index (χ4n) is 1.96. The molecule has 1 heterocycles. The second-order valence-corrected chi connectivity index (χ2v) is 4.54. The maximum absolute atomic E-state index is 13.8. The van der Waals surface area contributed by atoms with Crippen molar-refractivity contribution in [3.8, 4) is 0 Å². The molecule has 1 aromatic heterocycles. The molecule has 0 saturated heterocycles. The molecule has 1 unspecified atom stereocenters. The van der Waals surface area contributed by atoms with Crippen molar-refractivity contribution in [2.45, 2.75) is 32.9 Å². The van der Waals surface area contributed by atoms with E-state index in [0.717, 1.165) is 24.1 Å². The Hall–Kier alpha value is -1.68. The van der Waals surface area contributed by atoms with Crippen LogP contribution in [0.25, 0.3) is 0 Å². The molecule has 2 aromatic rings. The normalized spacial score (nSPS) is 12.7. The third-order valence-corrected chi connectivity index (χ3v) is 2.96. The van der Waals surface area contributed by atoms with Crippen LogP contribution in [0.2, 0.25) is 0 Å². The molecule has 1 aromatic carbocycles. The van der Waals surface area contributed by atoms with Crippen LogP contribution in [0.5, 0.6) is 0 Å². The summed E-state index contributed by atoms with van der Waals surface area (Å²) in [6.45, 7) is 4.79. The number of halogens is 1. The van der Waals surface area contributed by atoms with E-state index >= 15 is 0 Å². The average molecular weight is 247 g/mol. The van der Waals surface area contributed by atoms with Crippen LogP contribution < -0.4 is 5.73 Å². The Labute approximate surface area is 106 Å². The molecular weight excluding hydrogens is 229 g/mol. The Morgan fingerprint density at radius 1 is 1.44 bits per heavy atom. The molecule has 0 spiro atoms. The van der Waals surface area contributed by atoms with Crippen molar-refractivity contribution in [2.24, 2.45) is 5.73 Å². The summed E-state index contributed by atoms with van der Waals surface area (Å²) in [5.41, 5.74) is 8.33. The highest BCUT2D eigenvalue weighted by Gasteiger charge is 2.15. The van der Waals surface area contributed by atoms with E-state index in [4.69, 9.17) is 5.73 Å². The zero-order chi connectivity index (χ0) is 13.1. The molecule has 96 valence electrons. The van der Waals surface area contributed by atoms with Gasteiger partial charge >= 0.3 is 0 Å². The minimum atomic E-state index is -0.462. The number of nitrogens with zero attached hydrogens (tertiary/aromatic N) is 2. The van der Waals surface area contributed by atoms with Gasteiger partial charge in [0.15, 0.2) is 0 Å². The largest absolute Gasteiger partial charge is 0.320 e. The summed E-state index contributed by atoms with van der Waals surface area (Å²) in [6, 6.07) is 4.66. The highest BCUT2D eigenvalue weighted by Crippen LogP contribution is 2.22. The lowest BCUT2D eigenvalue weighted by Crippen LogP contribution is -2.13. The van der Waals surface area contributed by atoms with Gasteiger partial charge in [0.1, 0.15) is 5.82 Å². The van der Waals surface area contributed by atoms with Crippen molar-refractivity contribution in [3.05, 3.63) is 53.1 Å². The maximum Gasteiger partial charge on any atom is 0.128 e. The number of benzene rings is 1. The smallest absolute Gasteiger partial charge is 0.128 e. The van der Waals surface area contributed by atoms with Crippen LogP contribution in [-0.4, -0.2) is 9.78 Å². The number of aryl methyl sites for hydroxylation is 2. The quantitative estimate of drug-likeness (QED) is 0.902. The lowest BCUT2D eigenvalue weighted by atomic mass is 10.0. The van der Waals surface area contributed by atoms with E-state index in [9.17, 15) is 4.39 Å². The number of rotatable bonds is 4. The van der Waals surface area contributed by atoms with Crippen molar-refractivity contribution in [1.29, 1.82) is 0 Å². The van der Waals surface area contributed by atoms with E-state index < -0.39 is 6.04 Å². The predicted molar refractivity (Wildman–Crippen MR) is 69.7 cm³/mol. The molecule has 0 amide bonds. The lowest BCUT2D eigenvalue weighted by Gasteiger charge is -2.11. The molecule has 3 nitrogen and oxygen atoms in total. The molecule has 0 fully saturated rings. The zero-order valence-corrected chi connectivity index (χ0v) is 10.7. The summed E-state index contributed by atoms with van der Waals surface area (Å²) in [4.78, 5) is 0. The van der Waals surface area contributed by atoms with E-state index in [1.807, 2.05) is 23.9 Å². The van der Waals surface area contributed by atoms with Crippen LogP contribution in [-0.2, 0) is 6.54 Å². The van der Waals surface area contributed by atoms with Gasteiger partial charge in [0.25, 0.3) is 0 Å². The Bertz CT molecular complexity index is 534. The summed E-state index contributed by atoms with van der Waals surface area (Å²) >= 11 is 0. The minimum absolute atomic E-state index is 0.259. The second kappa shape index (κ2) is 5.31. The summed E-state index contributed by atoms with van der Waals surface area (Å²) in [5.74, 6) is -0.259. The monoisotopic (exact) mass is 247 g/mol. The SMILES string of the molecule is CCCn1cc(C(N)c2ccc(C)cc2F)cn1. The molecule has 4 heteroatoms. The Morgan fingerprint density at radius 3 is 2.89 bits per heavy atom. The average Bonchev–Trinajstić information content (AvgIpc) is 2.77. The van der Waals surface area contributed by atoms with Crippen molar-refractivity contribution in [2.75, 3.05) is 0 Å². The topological polar surface area (TPSA) is 43.8 Å². The molecule has 18 heavy (non-hydrogen) atoms. The van der Waals surface area contributed by atoms with Crippen molar-refractivity contribution >= 4 is 0 Å². The maximum atomic E-state index is 13.8. The van der Waals surface area contributed by atoms with Gasteiger partial charge in [-0.2, -0.15) is 5.10 Å². The molecule has 0 bridgehead atoms.